The first-order valence-corrected chi connectivity index (χ1v) is 0.775. The van der Waals surface area contributed by atoms with Crippen LogP contribution in [0.4, 0.5) is 0 Å². The summed E-state index contributed by atoms with van der Waals surface area (Å²) >= 11 is 0. The normalized spacial score (nSPS) is 6.75. The van der Waals surface area contributed by atoms with Crippen molar-refractivity contribution in [3.8, 4) is 0 Å². The van der Waals surface area contributed by atoms with Crippen LogP contribution in [0, 0.1) is 0 Å². The van der Waals surface area contributed by atoms with E-state index in [4.69, 9.17) is 15.1 Å². The highest BCUT2D eigenvalue weighted by Crippen LogP contribution is 1.40. The summed E-state index contributed by atoms with van der Waals surface area (Å²) in [5.74, 6) is 0. The van der Waals surface area contributed by atoms with Crippen LogP contribution in [0.1, 0.15) is 7.13 Å². The Bertz CT molecular complexity index is 16.9. The van der Waals surface area contributed by atoms with Crippen LogP contribution < -0.4 is 0 Å². The maximum Gasteiger partial charge on any atom is 0.631 e. The van der Waals surface area contributed by atoms with Crippen LogP contribution in [0.15, 0.2) is 0 Å². The minimum atomic E-state index is -2.17. The smallest absolute Gasteiger partial charge is 0.402 e. The van der Waals surface area contributed by atoms with Gasteiger partial charge in [-0.15, -0.1) is 0 Å². The van der Waals surface area contributed by atoms with Crippen LogP contribution in [-0.4, -0.2) is 22.4 Å². The van der Waals surface area contributed by atoms with Gasteiger partial charge in [-0.3, -0.25) is 0 Å². The molecule has 3 N–H and O–H groups in total. The lowest BCUT2D eigenvalue weighted by Crippen LogP contribution is -2.07. The molecule has 0 atom stereocenters. The Morgan fingerprint density at radius 1 is 1.25 bits per heavy atom. The molecule has 0 rings (SSSR count). The molecule has 0 saturated carbocycles. The minimum Gasteiger partial charge on any atom is -0.402 e. The Morgan fingerprint density at radius 3 is 1.25 bits per heavy atom. The predicted octanol–water partition coefficient (Wildman–Crippen LogP) is -0.822. The first-order valence-electron chi connectivity index (χ1n) is 0.775. The molecule has 0 heterocycles. The molecule has 0 aromatic rings. The van der Waals surface area contributed by atoms with Gasteiger partial charge in [0, 0.05) is 7.13 Å². The van der Waals surface area contributed by atoms with Crippen molar-refractivity contribution in [2.75, 3.05) is 0 Å². The van der Waals surface area contributed by atoms with Crippen molar-refractivity contribution in [2.45, 2.75) is 0 Å². The molecular weight excluding hydrogens is 58.8 g/mol. The van der Waals surface area contributed by atoms with Crippen molar-refractivity contribution in [2.24, 2.45) is 0 Å². The van der Waals surface area contributed by atoms with Gasteiger partial charge in [-0.05, 0) is 0 Å². The number of hydrogen-bond donors (Lipinski definition) is 3. The second kappa shape index (κ2) is 1.28. The topological polar surface area (TPSA) is 60.7 Å². The number of hydrogen-bond acceptors (Lipinski definition) is 3. The van der Waals surface area contributed by atoms with Gasteiger partial charge in [-0.2, -0.15) is 0 Å². The van der Waals surface area contributed by atoms with Gasteiger partial charge in [0.05, 0.1) is 0 Å². The maximum absolute atomic E-state index is 7.17. The highest BCUT2D eigenvalue weighted by Gasteiger charge is 1.92. The SMILES string of the molecule is OB(O)O.[HH].[HH].[HH].[HH].[HH]. The molecule has 0 aromatic heterocycles. The Hall–Kier alpha value is -0.0551. The predicted molar refractivity (Wildman–Crippen MR) is 23.0 cm³/mol. The minimum absolute atomic E-state index is 0. The van der Waals surface area contributed by atoms with E-state index in [9.17, 15) is 0 Å². The lowest BCUT2D eigenvalue weighted by Gasteiger charge is -1.69. The van der Waals surface area contributed by atoms with Gasteiger partial charge >= 0.3 is 7.32 Å². The van der Waals surface area contributed by atoms with Crippen LogP contribution in [0.2, 0.25) is 0 Å². The lowest BCUT2D eigenvalue weighted by atomic mass is 10.3. The van der Waals surface area contributed by atoms with Gasteiger partial charge in [-0.1, -0.05) is 0 Å². The van der Waals surface area contributed by atoms with Crippen LogP contribution >= 0.6 is 0 Å². The third-order valence-electron chi connectivity index (χ3n) is 0. The molecule has 4 heteroatoms. The van der Waals surface area contributed by atoms with E-state index < -0.39 is 7.32 Å². The molecule has 0 unspecified atom stereocenters. The van der Waals surface area contributed by atoms with E-state index >= 15 is 0 Å². The Kier molecular flexibility index (Phi) is 1.27. The van der Waals surface area contributed by atoms with Crippen molar-refractivity contribution < 1.29 is 22.2 Å². The molecule has 0 aliphatic rings. The summed E-state index contributed by atoms with van der Waals surface area (Å²) < 4.78 is 0. The average molecular weight is 71.9 g/mol. The summed E-state index contributed by atoms with van der Waals surface area (Å²) in [6.07, 6.45) is 0. The third-order valence-corrected chi connectivity index (χ3v) is 0. The van der Waals surface area contributed by atoms with Crippen LogP contribution in [0.5, 0.6) is 0 Å². The van der Waals surface area contributed by atoms with E-state index in [1.807, 2.05) is 0 Å². The molecule has 0 aliphatic carbocycles. The van der Waals surface area contributed by atoms with E-state index in [1.165, 1.54) is 0 Å². The molecule has 4 heavy (non-hydrogen) atoms. The van der Waals surface area contributed by atoms with E-state index in [2.05, 4.69) is 0 Å². The molecular formula is H13BO3. The summed E-state index contributed by atoms with van der Waals surface area (Å²) in [7, 11) is -2.17. The van der Waals surface area contributed by atoms with Crippen molar-refractivity contribution >= 4 is 7.32 Å². The van der Waals surface area contributed by atoms with E-state index in [0.717, 1.165) is 0 Å². The standard InChI is InChI=1S/BH3O3.5H2/c2-1(3)4;;;;;/h2-4H;5*1H. The molecule has 0 spiro atoms. The monoisotopic (exact) mass is 72.1 g/mol. The molecule has 0 radical (unpaired) electrons. The highest BCUT2D eigenvalue weighted by molar-refractivity contribution is 6.30. The zero-order valence-electron chi connectivity index (χ0n) is 1.92. The summed E-state index contributed by atoms with van der Waals surface area (Å²) in [5, 5.41) is 21.5. The molecule has 0 amide bonds. The Labute approximate surface area is 31.1 Å². The summed E-state index contributed by atoms with van der Waals surface area (Å²) in [4.78, 5) is 0. The molecule has 0 fully saturated rings. The van der Waals surface area contributed by atoms with Gasteiger partial charge in [0.15, 0.2) is 0 Å². The summed E-state index contributed by atoms with van der Waals surface area (Å²) in [6.45, 7) is 0. The average Bonchev–Trinajstić information content (AvgIpc) is 0.811. The van der Waals surface area contributed by atoms with Crippen LogP contribution in [0.25, 0.3) is 0 Å². The zero-order valence-corrected chi connectivity index (χ0v) is 1.92. The second-order valence-corrected chi connectivity index (χ2v) is 0.346. The van der Waals surface area contributed by atoms with Crippen molar-refractivity contribution in [3.05, 3.63) is 0 Å². The molecule has 0 aromatic carbocycles. The maximum atomic E-state index is 7.17. The molecule has 34 valence electrons. The fourth-order valence-corrected chi connectivity index (χ4v) is 0. The first-order chi connectivity index (χ1) is 1.73. The summed E-state index contributed by atoms with van der Waals surface area (Å²) in [5.41, 5.74) is 0. The lowest BCUT2D eigenvalue weighted by molar-refractivity contribution is 0.278. The van der Waals surface area contributed by atoms with Gasteiger partial charge in [-0.25, -0.2) is 0 Å². The fraction of sp³-hybridized carbons (Fsp3) is 0. The Morgan fingerprint density at radius 2 is 1.25 bits per heavy atom. The third kappa shape index (κ3) is 573. The van der Waals surface area contributed by atoms with Crippen molar-refractivity contribution in [3.63, 3.8) is 0 Å². The van der Waals surface area contributed by atoms with Crippen LogP contribution in [-0.2, 0) is 0 Å². The van der Waals surface area contributed by atoms with Crippen molar-refractivity contribution in [1.82, 2.24) is 0 Å². The molecule has 3 nitrogen and oxygen atoms in total. The number of rotatable bonds is 0. The van der Waals surface area contributed by atoms with Gasteiger partial charge in [0.25, 0.3) is 0 Å². The molecule has 0 bridgehead atoms. The quantitative estimate of drug-likeness (QED) is 0.327. The van der Waals surface area contributed by atoms with E-state index in [-0.39, 0.29) is 7.13 Å². The molecule has 0 saturated heterocycles. The Balaban J connectivity index is -0.00000000450. The summed E-state index contributed by atoms with van der Waals surface area (Å²) in [6, 6.07) is 0. The largest absolute Gasteiger partial charge is 0.631 e. The molecule has 0 aliphatic heterocycles. The van der Waals surface area contributed by atoms with Gasteiger partial charge in [0.1, 0.15) is 0 Å². The van der Waals surface area contributed by atoms with E-state index in [1.54, 1.807) is 0 Å². The fourth-order valence-electron chi connectivity index (χ4n) is 0. The van der Waals surface area contributed by atoms with Gasteiger partial charge < -0.3 is 15.1 Å². The van der Waals surface area contributed by atoms with Crippen LogP contribution in [0.3, 0.4) is 0 Å². The second-order valence-electron chi connectivity index (χ2n) is 0.346. The van der Waals surface area contributed by atoms with Crippen molar-refractivity contribution in [1.29, 1.82) is 0 Å². The zero-order chi connectivity index (χ0) is 3.58. The first kappa shape index (κ1) is 3.94. The van der Waals surface area contributed by atoms with E-state index in [0.29, 0.717) is 0 Å². The van der Waals surface area contributed by atoms with Gasteiger partial charge in [0.2, 0.25) is 0 Å². The highest BCUT2D eigenvalue weighted by atomic mass is 16.5.